The monoisotopic (exact) mass is 287 g/mol. The van der Waals surface area contributed by atoms with Crippen LogP contribution in [0.2, 0.25) is 0 Å². The average molecular weight is 287 g/mol. The van der Waals surface area contributed by atoms with Gasteiger partial charge in [-0.3, -0.25) is 9.88 Å². The van der Waals surface area contributed by atoms with E-state index in [4.69, 9.17) is 21.1 Å². The minimum Gasteiger partial charge on any atom is -0.468 e. The van der Waals surface area contributed by atoms with Gasteiger partial charge in [0.1, 0.15) is 12.5 Å². The first-order valence-electron chi connectivity index (χ1n) is 5.51. The zero-order valence-corrected chi connectivity index (χ0v) is 12.5. The summed E-state index contributed by atoms with van der Waals surface area (Å²) in [5.41, 5.74) is 1.05. The molecule has 1 aromatic rings. The molecular formula is C12H18NO3PS. The molecule has 100 valence electrons. The maximum atomic E-state index is 11.7. The predicted molar refractivity (Wildman–Crippen MR) is 76.3 cm³/mol. The SMILES string of the molecule is COC(=O)C(Cc1ccccc1)NP(C)(=S)OC. The minimum absolute atomic E-state index is 0.327. The second-order valence-electron chi connectivity index (χ2n) is 3.92. The summed E-state index contributed by atoms with van der Waals surface area (Å²) in [4.78, 5) is 11.7. The molecule has 0 aliphatic heterocycles. The molecule has 0 heterocycles. The maximum Gasteiger partial charge on any atom is 0.323 e. The number of methoxy groups -OCH3 is 1. The largest absolute Gasteiger partial charge is 0.468 e. The molecule has 0 saturated heterocycles. The lowest BCUT2D eigenvalue weighted by atomic mass is 10.1. The Morgan fingerprint density at radius 1 is 1.39 bits per heavy atom. The van der Waals surface area contributed by atoms with E-state index in [1.54, 1.807) is 13.8 Å². The van der Waals surface area contributed by atoms with Gasteiger partial charge in [0.05, 0.1) is 7.11 Å². The fraction of sp³-hybridized carbons (Fsp3) is 0.417. The van der Waals surface area contributed by atoms with Gasteiger partial charge in [-0.25, -0.2) is 0 Å². The number of benzene rings is 1. The van der Waals surface area contributed by atoms with Crippen LogP contribution < -0.4 is 5.09 Å². The molecule has 0 radical (unpaired) electrons. The smallest absolute Gasteiger partial charge is 0.323 e. The van der Waals surface area contributed by atoms with Crippen LogP contribution in [0.25, 0.3) is 0 Å². The zero-order valence-electron chi connectivity index (χ0n) is 10.8. The topological polar surface area (TPSA) is 47.6 Å². The highest BCUT2D eigenvalue weighted by molar-refractivity contribution is 8.11. The quantitative estimate of drug-likeness (QED) is 0.640. The molecule has 0 fully saturated rings. The second-order valence-corrected chi connectivity index (χ2v) is 8.33. The molecule has 1 aromatic carbocycles. The Morgan fingerprint density at radius 2 is 2.00 bits per heavy atom. The molecule has 2 atom stereocenters. The van der Waals surface area contributed by atoms with Crippen LogP contribution in [-0.4, -0.2) is 32.9 Å². The molecule has 0 amide bonds. The van der Waals surface area contributed by atoms with E-state index in [9.17, 15) is 4.79 Å². The van der Waals surface area contributed by atoms with Crippen molar-refractivity contribution < 1.29 is 14.1 Å². The van der Waals surface area contributed by atoms with E-state index in [0.29, 0.717) is 6.42 Å². The molecule has 1 N–H and O–H groups in total. The van der Waals surface area contributed by atoms with Gasteiger partial charge >= 0.3 is 5.97 Å². The number of carbonyl (C=O) groups excluding carboxylic acids is 1. The highest BCUT2D eigenvalue weighted by atomic mass is 32.4. The Hall–Kier alpha value is -0.740. The molecule has 18 heavy (non-hydrogen) atoms. The first-order chi connectivity index (χ1) is 8.48. The van der Waals surface area contributed by atoms with Crippen molar-refractivity contribution in [2.45, 2.75) is 12.5 Å². The van der Waals surface area contributed by atoms with Gasteiger partial charge in [0.15, 0.2) is 0 Å². The third-order valence-electron chi connectivity index (χ3n) is 2.51. The Balaban J connectivity index is 2.80. The Labute approximate surface area is 113 Å². The van der Waals surface area contributed by atoms with E-state index in [0.717, 1.165) is 5.56 Å². The molecule has 0 aliphatic rings. The van der Waals surface area contributed by atoms with Crippen molar-refractivity contribution in [3.8, 4) is 0 Å². The summed E-state index contributed by atoms with van der Waals surface area (Å²) in [5.74, 6) is -0.327. The molecule has 0 bridgehead atoms. The lowest BCUT2D eigenvalue weighted by molar-refractivity contribution is -0.142. The molecule has 2 unspecified atom stereocenters. The van der Waals surface area contributed by atoms with Crippen LogP contribution in [0.15, 0.2) is 30.3 Å². The maximum absolute atomic E-state index is 11.7. The lowest BCUT2D eigenvalue weighted by Gasteiger charge is -2.23. The van der Waals surface area contributed by atoms with Crippen LogP contribution in [0.1, 0.15) is 5.56 Å². The van der Waals surface area contributed by atoms with Crippen LogP contribution in [0.3, 0.4) is 0 Å². The van der Waals surface area contributed by atoms with Crippen molar-refractivity contribution in [1.82, 2.24) is 5.09 Å². The van der Waals surface area contributed by atoms with Gasteiger partial charge in [-0.15, -0.1) is 0 Å². The first-order valence-corrected chi connectivity index (χ1v) is 8.68. The van der Waals surface area contributed by atoms with Gasteiger partial charge in [0.2, 0.25) is 0 Å². The van der Waals surface area contributed by atoms with Crippen molar-refractivity contribution in [2.24, 2.45) is 0 Å². The van der Waals surface area contributed by atoms with E-state index in [-0.39, 0.29) is 5.97 Å². The van der Waals surface area contributed by atoms with Gasteiger partial charge in [0, 0.05) is 13.8 Å². The molecule has 0 spiro atoms. The van der Waals surface area contributed by atoms with Crippen molar-refractivity contribution in [3.63, 3.8) is 0 Å². The van der Waals surface area contributed by atoms with E-state index in [2.05, 4.69) is 5.09 Å². The zero-order chi connectivity index (χ0) is 13.6. The number of carbonyl (C=O) groups is 1. The summed E-state index contributed by atoms with van der Waals surface area (Å²) in [6.07, 6.45) is -1.62. The fourth-order valence-electron chi connectivity index (χ4n) is 1.51. The second kappa shape index (κ2) is 7.00. The molecule has 0 saturated carbocycles. The Kier molecular flexibility index (Phi) is 5.96. The Bertz CT molecular complexity index is 438. The molecule has 4 nitrogen and oxygen atoms in total. The van der Waals surface area contributed by atoms with E-state index >= 15 is 0 Å². The first kappa shape index (κ1) is 15.3. The highest BCUT2D eigenvalue weighted by Crippen LogP contribution is 2.37. The molecule has 0 aromatic heterocycles. The van der Waals surface area contributed by atoms with Gasteiger partial charge in [-0.2, -0.15) is 0 Å². The van der Waals surface area contributed by atoms with Crippen molar-refractivity contribution in [3.05, 3.63) is 35.9 Å². The summed E-state index contributed by atoms with van der Waals surface area (Å²) in [5, 5.41) is 3.07. The van der Waals surface area contributed by atoms with Crippen molar-refractivity contribution >= 4 is 24.2 Å². The Morgan fingerprint density at radius 3 is 2.50 bits per heavy atom. The average Bonchev–Trinajstić information content (AvgIpc) is 2.38. The number of rotatable bonds is 6. The van der Waals surface area contributed by atoms with Crippen LogP contribution in [0, 0.1) is 0 Å². The normalized spacial score (nSPS) is 15.7. The van der Waals surface area contributed by atoms with Crippen LogP contribution in [0.4, 0.5) is 0 Å². The van der Waals surface area contributed by atoms with Gasteiger partial charge in [-0.05, 0) is 12.0 Å². The summed E-state index contributed by atoms with van der Waals surface area (Å²) in [6, 6.07) is 9.24. The highest BCUT2D eigenvalue weighted by Gasteiger charge is 2.24. The molecule has 0 aliphatic carbocycles. The summed E-state index contributed by atoms with van der Waals surface area (Å²) < 4.78 is 10.00. The predicted octanol–water partition coefficient (Wildman–Crippen LogP) is 1.95. The minimum atomic E-state index is -2.15. The number of esters is 1. The molecule has 6 heteroatoms. The standard InChI is InChI=1S/C12H18NO3PS/c1-15-12(14)11(13-17(3,18)16-2)9-10-7-5-4-6-8-10/h4-8,11H,9H2,1-3H3,(H,13,18). The van der Waals surface area contributed by atoms with E-state index < -0.39 is 12.5 Å². The number of hydrogen-bond acceptors (Lipinski definition) is 4. The number of ether oxygens (including phenoxy) is 1. The molecule has 1 rings (SSSR count). The van der Waals surface area contributed by atoms with Crippen LogP contribution in [0.5, 0.6) is 0 Å². The summed E-state index contributed by atoms with van der Waals surface area (Å²) in [7, 11) is 2.92. The fourth-order valence-corrected chi connectivity index (χ4v) is 2.76. The third-order valence-corrected chi connectivity index (χ3v) is 4.75. The number of hydrogen-bond donors (Lipinski definition) is 1. The summed E-state index contributed by atoms with van der Waals surface area (Å²) in [6.45, 7) is 1.79. The number of nitrogens with one attached hydrogen (secondary N) is 1. The van der Waals surface area contributed by atoms with Gasteiger partial charge in [0.25, 0.3) is 0 Å². The van der Waals surface area contributed by atoms with E-state index in [1.165, 1.54) is 7.11 Å². The molecular weight excluding hydrogens is 269 g/mol. The van der Waals surface area contributed by atoms with Crippen LogP contribution >= 0.6 is 6.42 Å². The van der Waals surface area contributed by atoms with Crippen molar-refractivity contribution in [1.29, 1.82) is 0 Å². The van der Waals surface area contributed by atoms with Crippen LogP contribution in [-0.2, 0) is 32.3 Å². The van der Waals surface area contributed by atoms with Gasteiger partial charge < -0.3 is 9.26 Å². The lowest BCUT2D eigenvalue weighted by Crippen LogP contribution is -2.37. The summed E-state index contributed by atoms with van der Waals surface area (Å²) >= 11 is 5.27. The van der Waals surface area contributed by atoms with E-state index in [1.807, 2.05) is 30.3 Å². The van der Waals surface area contributed by atoms with Gasteiger partial charge in [-0.1, -0.05) is 42.1 Å². The third kappa shape index (κ3) is 4.86. The van der Waals surface area contributed by atoms with Crippen molar-refractivity contribution in [2.75, 3.05) is 20.9 Å².